The summed E-state index contributed by atoms with van der Waals surface area (Å²) in [6.45, 7) is 0. The summed E-state index contributed by atoms with van der Waals surface area (Å²) < 4.78 is 0. The quantitative estimate of drug-likeness (QED) is 0.615. The third-order valence-electron chi connectivity index (χ3n) is 3.61. The lowest BCUT2D eigenvalue weighted by atomic mass is 9.82. The van der Waals surface area contributed by atoms with Gasteiger partial charge < -0.3 is 5.32 Å². The number of hydrogen-bond acceptors (Lipinski definition) is 1. The lowest BCUT2D eigenvalue weighted by molar-refractivity contribution is 0.407. The summed E-state index contributed by atoms with van der Waals surface area (Å²) in [5, 5.41) is 3.77. The van der Waals surface area contributed by atoms with E-state index < -0.39 is 0 Å². The van der Waals surface area contributed by atoms with Gasteiger partial charge in [0, 0.05) is 12.1 Å². The van der Waals surface area contributed by atoms with Gasteiger partial charge in [0.15, 0.2) is 0 Å². The predicted octanol–water partition coefficient (Wildman–Crippen LogP) is 2.71. The molecule has 1 heterocycles. The fraction of sp³-hybridized carbons (Fsp3) is 0.538. The van der Waals surface area contributed by atoms with Gasteiger partial charge in [0.05, 0.1) is 0 Å². The number of nitrogens with one attached hydrogen (secondary N) is 1. The lowest BCUT2D eigenvalue weighted by Crippen LogP contribution is -2.45. The molecule has 0 amide bonds. The third kappa shape index (κ3) is 1.36. The molecule has 0 aromatic rings. The summed E-state index contributed by atoms with van der Waals surface area (Å²) in [6.07, 6.45) is 15.8. The van der Waals surface area contributed by atoms with E-state index in [-0.39, 0.29) is 0 Å². The van der Waals surface area contributed by atoms with Gasteiger partial charge in [0.25, 0.3) is 0 Å². The van der Waals surface area contributed by atoms with Gasteiger partial charge in [-0.25, -0.2) is 0 Å². The Labute approximate surface area is 85.6 Å². The Morgan fingerprint density at radius 2 is 2.21 bits per heavy atom. The van der Waals surface area contributed by atoms with E-state index >= 15 is 0 Å². The number of allylic oxidation sites excluding steroid dienone is 2. The van der Waals surface area contributed by atoms with Crippen molar-refractivity contribution in [3.05, 3.63) is 35.5 Å². The van der Waals surface area contributed by atoms with Gasteiger partial charge >= 0.3 is 0 Å². The Balaban J connectivity index is 1.92. The van der Waals surface area contributed by atoms with E-state index in [9.17, 15) is 0 Å². The molecule has 14 heavy (non-hydrogen) atoms. The molecule has 1 heteroatoms. The maximum atomic E-state index is 3.77. The van der Waals surface area contributed by atoms with Crippen LogP contribution in [0.3, 0.4) is 0 Å². The smallest absolute Gasteiger partial charge is 0.0360 e. The molecule has 0 aromatic carbocycles. The molecule has 3 rings (SSSR count). The van der Waals surface area contributed by atoms with Crippen molar-refractivity contribution < 1.29 is 0 Å². The summed E-state index contributed by atoms with van der Waals surface area (Å²) in [7, 11) is 0. The average molecular weight is 187 g/mol. The number of rotatable bonds is 0. The van der Waals surface area contributed by atoms with E-state index in [0.29, 0.717) is 12.1 Å². The first kappa shape index (κ1) is 8.49. The summed E-state index contributed by atoms with van der Waals surface area (Å²) in [6, 6.07) is 1.30. The van der Waals surface area contributed by atoms with Crippen LogP contribution in [0.2, 0.25) is 0 Å². The second-order valence-electron chi connectivity index (χ2n) is 4.57. The third-order valence-corrected chi connectivity index (χ3v) is 3.61. The van der Waals surface area contributed by atoms with Crippen LogP contribution >= 0.6 is 0 Å². The Morgan fingerprint density at radius 1 is 1.21 bits per heavy atom. The SMILES string of the molecule is C1=CC[C@@H]2N[C@@H]3CCCCC3=CC2=C1. The molecular weight excluding hydrogens is 170 g/mol. The molecule has 0 bridgehead atoms. The fourth-order valence-electron chi connectivity index (χ4n) is 2.82. The van der Waals surface area contributed by atoms with E-state index in [1.54, 1.807) is 5.57 Å². The number of fused-ring (bicyclic) bond motifs is 2. The minimum atomic E-state index is 0.604. The summed E-state index contributed by atoms with van der Waals surface area (Å²) in [5.41, 5.74) is 3.15. The van der Waals surface area contributed by atoms with Gasteiger partial charge in [-0.3, -0.25) is 0 Å². The van der Waals surface area contributed by atoms with Gasteiger partial charge in [-0.15, -0.1) is 0 Å². The second-order valence-corrected chi connectivity index (χ2v) is 4.57. The van der Waals surface area contributed by atoms with Crippen molar-refractivity contribution in [2.24, 2.45) is 0 Å². The first-order chi connectivity index (χ1) is 6.93. The van der Waals surface area contributed by atoms with Crippen molar-refractivity contribution in [3.63, 3.8) is 0 Å². The molecule has 2 atom stereocenters. The highest BCUT2D eigenvalue weighted by atomic mass is 15.0. The van der Waals surface area contributed by atoms with Crippen molar-refractivity contribution in [2.45, 2.75) is 44.2 Å². The van der Waals surface area contributed by atoms with Crippen molar-refractivity contribution in [1.82, 2.24) is 5.32 Å². The first-order valence-corrected chi connectivity index (χ1v) is 5.77. The molecule has 0 unspecified atom stereocenters. The van der Waals surface area contributed by atoms with Crippen LogP contribution in [0.1, 0.15) is 32.1 Å². The monoisotopic (exact) mass is 187 g/mol. The highest BCUT2D eigenvalue weighted by molar-refractivity contribution is 5.40. The van der Waals surface area contributed by atoms with Gasteiger partial charge in [0.1, 0.15) is 0 Å². The van der Waals surface area contributed by atoms with Crippen LogP contribution in [0.5, 0.6) is 0 Å². The largest absolute Gasteiger partial charge is 0.303 e. The van der Waals surface area contributed by atoms with Crippen LogP contribution in [-0.4, -0.2) is 12.1 Å². The highest BCUT2D eigenvalue weighted by Crippen LogP contribution is 2.31. The van der Waals surface area contributed by atoms with Gasteiger partial charge in [-0.05, 0) is 31.3 Å². The number of hydrogen-bond donors (Lipinski definition) is 1. The van der Waals surface area contributed by atoms with Crippen molar-refractivity contribution >= 4 is 0 Å². The standard InChI is InChI=1S/C13H17N/c1-3-7-12-10(5-1)9-11-6-2-4-8-13(11)14-12/h1,3,5,9,12-14H,2,4,6-8H2/t12-,13+/m0/s1. The van der Waals surface area contributed by atoms with Crippen LogP contribution < -0.4 is 5.32 Å². The molecule has 1 fully saturated rings. The summed E-state index contributed by atoms with van der Waals surface area (Å²) in [4.78, 5) is 0. The predicted molar refractivity (Wildman–Crippen MR) is 59.1 cm³/mol. The van der Waals surface area contributed by atoms with Crippen molar-refractivity contribution in [2.75, 3.05) is 0 Å². The highest BCUT2D eigenvalue weighted by Gasteiger charge is 2.27. The summed E-state index contributed by atoms with van der Waals surface area (Å²) >= 11 is 0. The molecular formula is C13H17N. The molecule has 3 aliphatic rings. The Morgan fingerprint density at radius 3 is 3.21 bits per heavy atom. The van der Waals surface area contributed by atoms with E-state index in [2.05, 4.69) is 29.6 Å². The van der Waals surface area contributed by atoms with Crippen LogP contribution in [-0.2, 0) is 0 Å². The molecule has 74 valence electrons. The zero-order valence-electron chi connectivity index (χ0n) is 8.50. The van der Waals surface area contributed by atoms with Crippen molar-refractivity contribution in [1.29, 1.82) is 0 Å². The second kappa shape index (κ2) is 3.39. The molecule has 1 nitrogen and oxygen atoms in total. The van der Waals surface area contributed by atoms with Crippen molar-refractivity contribution in [3.8, 4) is 0 Å². The van der Waals surface area contributed by atoms with E-state index in [0.717, 1.165) is 0 Å². The minimum absolute atomic E-state index is 0.604. The van der Waals surface area contributed by atoms with Crippen LogP contribution in [0.4, 0.5) is 0 Å². The lowest BCUT2D eigenvalue weighted by Gasteiger charge is -2.36. The maximum Gasteiger partial charge on any atom is 0.0360 e. The minimum Gasteiger partial charge on any atom is -0.303 e. The van der Waals surface area contributed by atoms with Gasteiger partial charge in [-0.2, -0.15) is 0 Å². The first-order valence-electron chi connectivity index (χ1n) is 5.77. The van der Waals surface area contributed by atoms with Gasteiger partial charge in [-0.1, -0.05) is 36.3 Å². The van der Waals surface area contributed by atoms with Crippen LogP contribution in [0.15, 0.2) is 35.5 Å². The normalized spacial score (nSPS) is 35.4. The Hall–Kier alpha value is -0.820. The fourth-order valence-corrected chi connectivity index (χ4v) is 2.82. The molecule has 1 saturated carbocycles. The Bertz CT molecular complexity index is 322. The molecule has 0 aromatic heterocycles. The maximum absolute atomic E-state index is 3.77. The molecule has 0 radical (unpaired) electrons. The molecule has 1 aliphatic heterocycles. The van der Waals surface area contributed by atoms with Gasteiger partial charge in [0.2, 0.25) is 0 Å². The Kier molecular flexibility index (Phi) is 2.06. The average Bonchev–Trinajstić information content (AvgIpc) is 2.26. The van der Waals surface area contributed by atoms with E-state index in [4.69, 9.17) is 0 Å². The zero-order valence-corrected chi connectivity index (χ0v) is 8.50. The zero-order chi connectivity index (χ0) is 9.38. The molecule has 1 N–H and O–H groups in total. The molecule has 0 saturated heterocycles. The topological polar surface area (TPSA) is 12.0 Å². The molecule has 2 aliphatic carbocycles. The van der Waals surface area contributed by atoms with Crippen LogP contribution in [0, 0.1) is 0 Å². The van der Waals surface area contributed by atoms with E-state index in [1.807, 2.05) is 0 Å². The summed E-state index contributed by atoms with van der Waals surface area (Å²) in [5.74, 6) is 0. The molecule has 0 spiro atoms. The van der Waals surface area contributed by atoms with E-state index in [1.165, 1.54) is 37.7 Å². The van der Waals surface area contributed by atoms with Crippen LogP contribution in [0.25, 0.3) is 0 Å².